The van der Waals surface area contributed by atoms with Gasteiger partial charge < -0.3 is 15.6 Å². The average molecular weight is 285 g/mol. The van der Waals surface area contributed by atoms with Crippen LogP contribution in [0.5, 0.6) is 0 Å². The molecule has 0 aliphatic rings. The van der Waals surface area contributed by atoms with Crippen molar-refractivity contribution >= 4 is 11.6 Å². The number of carbonyl (C=O) groups is 1. The van der Waals surface area contributed by atoms with Crippen molar-refractivity contribution in [1.29, 1.82) is 0 Å². The largest absolute Gasteiger partial charge is 0.326 e. The second-order valence-electron chi connectivity index (χ2n) is 4.76. The van der Waals surface area contributed by atoms with E-state index in [0.717, 1.165) is 17.7 Å². The zero-order valence-corrected chi connectivity index (χ0v) is 12.0. The second-order valence-corrected chi connectivity index (χ2v) is 4.76. The zero-order chi connectivity index (χ0) is 15.2. The molecule has 0 bridgehead atoms. The number of rotatable bonds is 5. The topological polar surface area (TPSA) is 79.2 Å². The van der Waals surface area contributed by atoms with Gasteiger partial charge in [-0.05, 0) is 30.2 Å². The van der Waals surface area contributed by atoms with Crippen LogP contribution in [0.3, 0.4) is 0 Å². The van der Waals surface area contributed by atoms with Gasteiger partial charge in [-0.15, -0.1) is 0 Å². The third-order valence-electron chi connectivity index (χ3n) is 3.17. The van der Waals surface area contributed by atoms with Crippen molar-refractivity contribution in [2.45, 2.75) is 19.9 Å². The summed E-state index contributed by atoms with van der Waals surface area (Å²) >= 11 is 0. The molecule has 21 heavy (non-hydrogen) atoms. The molecule has 5 heteroatoms. The minimum absolute atomic E-state index is 0.213. The van der Waals surface area contributed by atoms with Crippen LogP contribution in [0.15, 0.2) is 47.3 Å². The molecular formula is C16H19N3O2. The lowest BCUT2D eigenvalue weighted by atomic mass is 10.2. The van der Waals surface area contributed by atoms with Crippen LogP contribution in [0, 0.1) is 0 Å². The Hall–Kier alpha value is -2.40. The summed E-state index contributed by atoms with van der Waals surface area (Å²) in [5.74, 6) is -0.213. The number of nitrogens with zero attached hydrogens (tertiary/aromatic N) is 1. The van der Waals surface area contributed by atoms with E-state index in [1.54, 1.807) is 17.0 Å². The molecule has 0 saturated carbocycles. The SMILES string of the molecule is CCCN(C(=O)c1cccc(=O)[nH]1)c1ccc(CN)cc1. The quantitative estimate of drug-likeness (QED) is 0.880. The first kappa shape index (κ1) is 15.0. The molecule has 1 aromatic heterocycles. The van der Waals surface area contributed by atoms with Crippen molar-refractivity contribution in [2.75, 3.05) is 11.4 Å². The van der Waals surface area contributed by atoms with Crippen molar-refractivity contribution in [2.24, 2.45) is 5.73 Å². The van der Waals surface area contributed by atoms with Gasteiger partial charge in [-0.2, -0.15) is 0 Å². The monoisotopic (exact) mass is 285 g/mol. The van der Waals surface area contributed by atoms with E-state index in [2.05, 4.69) is 4.98 Å². The van der Waals surface area contributed by atoms with E-state index in [1.165, 1.54) is 6.07 Å². The van der Waals surface area contributed by atoms with E-state index < -0.39 is 0 Å². The Kier molecular flexibility index (Phi) is 4.90. The Labute approximate surface area is 123 Å². The molecule has 2 aromatic rings. The lowest BCUT2D eigenvalue weighted by molar-refractivity contribution is 0.0982. The van der Waals surface area contributed by atoms with E-state index in [0.29, 0.717) is 18.8 Å². The molecule has 1 amide bonds. The number of nitrogens with two attached hydrogens (primary N) is 1. The summed E-state index contributed by atoms with van der Waals surface area (Å²) in [5, 5.41) is 0. The highest BCUT2D eigenvalue weighted by molar-refractivity contribution is 6.04. The highest BCUT2D eigenvalue weighted by Crippen LogP contribution is 2.17. The molecule has 5 nitrogen and oxygen atoms in total. The molecule has 0 unspecified atom stereocenters. The van der Waals surface area contributed by atoms with E-state index in [1.807, 2.05) is 31.2 Å². The third-order valence-corrected chi connectivity index (χ3v) is 3.17. The summed E-state index contributed by atoms with van der Waals surface area (Å²) in [6.07, 6.45) is 0.821. The molecule has 0 atom stereocenters. The maximum atomic E-state index is 12.6. The number of aromatic nitrogens is 1. The minimum atomic E-state index is -0.282. The zero-order valence-electron chi connectivity index (χ0n) is 12.0. The standard InChI is InChI=1S/C16H19N3O2/c1-2-10-19(13-8-6-12(11-17)7-9-13)16(21)14-4-3-5-15(20)18-14/h3-9H,2,10-11,17H2,1H3,(H,18,20). The summed E-state index contributed by atoms with van der Waals surface area (Å²) in [7, 11) is 0. The van der Waals surface area contributed by atoms with Crippen LogP contribution in [-0.2, 0) is 6.54 Å². The fraction of sp³-hybridized carbons (Fsp3) is 0.250. The predicted octanol–water partition coefficient (Wildman–Crippen LogP) is 1.89. The normalized spacial score (nSPS) is 10.4. The number of amides is 1. The first-order valence-corrected chi connectivity index (χ1v) is 6.96. The van der Waals surface area contributed by atoms with Gasteiger partial charge in [0.25, 0.3) is 5.91 Å². The van der Waals surface area contributed by atoms with E-state index >= 15 is 0 Å². The Morgan fingerprint density at radius 1 is 1.19 bits per heavy atom. The predicted molar refractivity (Wildman–Crippen MR) is 83.4 cm³/mol. The molecule has 0 radical (unpaired) electrons. The van der Waals surface area contributed by atoms with Crippen LogP contribution in [0.2, 0.25) is 0 Å². The molecule has 0 aliphatic carbocycles. The summed E-state index contributed by atoms with van der Waals surface area (Å²) in [6.45, 7) is 3.05. The Morgan fingerprint density at radius 3 is 2.48 bits per heavy atom. The third kappa shape index (κ3) is 3.58. The number of aromatic amines is 1. The van der Waals surface area contributed by atoms with Crippen LogP contribution < -0.4 is 16.2 Å². The number of benzene rings is 1. The van der Waals surface area contributed by atoms with Gasteiger partial charge in [0.15, 0.2) is 0 Å². The van der Waals surface area contributed by atoms with Crippen molar-refractivity contribution in [3.8, 4) is 0 Å². The van der Waals surface area contributed by atoms with Gasteiger partial charge in [0.2, 0.25) is 5.56 Å². The van der Waals surface area contributed by atoms with Gasteiger partial charge in [-0.3, -0.25) is 9.59 Å². The van der Waals surface area contributed by atoms with Crippen molar-refractivity contribution in [3.63, 3.8) is 0 Å². The molecule has 0 saturated heterocycles. The fourth-order valence-corrected chi connectivity index (χ4v) is 2.10. The molecule has 2 rings (SSSR count). The Morgan fingerprint density at radius 2 is 1.90 bits per heavy atom. The highest BCUT2D eigenvalue weighted by Gasteiger charge is 2.17. The number of nitrogens with one attached hydrogen (secondary N) is 1. The van der Waals surface area contributed by atoms with E-state index in [9.17, 15) is 9.59 Å². The van der Waals surface area contributed by atoms with Crippen LogP contribution in [0.25, 0.3) is 0 Å². The van der Waals surface area contributed by atoms with Crippen molar-refractivity contribution in [3.05, 3.63) is 64.1 Å². The maximum absolute atomic E-state index is 12.6. The minimum Gasteiger partial charge on any atom is -0.326 e. The fourth-order valence-electron chi connectivity index (χ4n) is 2.10. The number of carbonyl (C=O) groups excluding carboxylic acids is 1. The second kappa shape index (κ2) is 6.85. The van der Waals surface area contributed by atoms with E-state index in [4.69, 9.17) is 5.73 Å². The number of hydrogen-bond acceptors (Lipinski definition) is 3. The molecule has 1 heterocycles. The summed E-state index contributed by atoms with van der Waals surface area (Å²) in [4.78, 5) is 28.2. The highest BCUT2D eigenvalue weighted by atomic mass is 16.2. The number of hydrogen-bond donors (Lipinski definition) is 2. The van der Waals surface area contributed by atoms with Crippen molar-refractivity contribution in [1.82, 2.24) is 4.98 Å². The number of pyridine rings is 1. The van der Waals surface area contributed by atoms with Crippen LogP contribution in [0.4, 0.5) is 5.69 Å². The molecule has 0 aliphatic heterocycles. The van der Waals surface area contributed by atoms with Crippen LogP contribution in [0.1, 0.15) is 29.4 Å². The average Bonchev–Trinajstić information content (AvgIpc) is 2.52. The number of anilines is 1. The van der Waals surface area contributed by atoms with Crippen LogP contribution in [-0.4, -0.2) is 17.4 Å². The molecule has 0 spiro atoms. The smallest absolute Gasteiger partial charge is 0.274 e. The lowest BCUT2D eigenvalue weighted by Crippen LogP contribution is -2.33. The summed E-state index contributed by atoms with van der Waals surface area (Å²) in [5.41, 5.74) is 7.40. The summed E-state index contributed by atoms with van der Waals surface area (Å²) in [6, 6.07) is 12.1. The first-order chi connectivity index (χ1) is 10.2. The van der Waals surface area contributed by atoms with Gasteiger partial charge >= 0.3 is 0 Å². The Balaban J connectivity index is 2.33. The Bertz CT molecular complexity index is 662. The molecule has 1 aromatic carbocycles. The molecule has 0 fully saturated rings. The van der Waals surface area contributed by atoms with Gasteiger partial charge in [-0.25, -0.2) is 0 Å². The van der Waals surface area contributed by atoms with Gasteiger partial charge in [-0.1, -0.05) is 25.1 Å². The number of H-pyrrole nitrogens is 1. The lowest BCUT2D eigenvalue weighted by Gasteiger charge is -2.22. The van der Waals surface area contributed by atoms with Gasteiger partial charge in [0.05, 0.1) is 0 Å². The maximum Gasteiger partial charge on any atom is 0.274 e. The molecule has 110 valence electrons. The molecular weight excluding hydrogens is 266 g/mol. The summed E-state index contributed by atoms with van der Waals surface area (Å²) < 4.78 is 0. The van der Waals surface area contributed by atoms with Gasteiger partial charge in [0, 0.05) is 24.8 Å². The molecule has 3 N–H and O–H groups in total. The van der Waals surface area contributed by atoms with Crippen molar-refractivity contribution < 1.29 is 4.79 Å². The first-order valence-electron chi connectivity index (χ1n) is 6.96. The van der Waals surface area contributed by atoms with Crippen LogP contribution >= 0.6 is 0 Å². The van der Waals surface area contributed by atoms with E-state index in [-0.39, 0.29) is 11.5 Å². The van der Waals surface area contributed by atoms with Gasteiger partial charge in [0.1, 0.15) is 5.69 Å².